The molecule has 1 unspecified atom stereocenters. The summed E-state index contributed by atoms with van der Waals surface area (Å²) in [4.78, 5) is 11.3. The van der Waals surface area contributed by atoms with Gasteiger partial charge >= 0.3 is 0 Å². The van der Waals surface area contributed by atoms with Crippen LogP contribution < -0.4 is 11.3 Å². The predicted octanol–water partition coefficient (Wildman–Crippen LogP) is -0.390. The molecule has 0 aromatic carbocycles. The molecule has 16 heavy (non-hydrogen) atoms. The quantitative estimate of drug-likeness (QED) is 0.764. The van der Waals surface area contributed by atoms with Gasteiger partial charge in [0, 0.05) is 24.8 Å². The van der Waals surface area contributed by atoms with Crippen LogP contribution in [0.4, 0.5) is 0 Å². The first-order valence-electron chi connectivity index (χ1n) is 5.02. The molecule has 1 aromatic rings. The van der Waals surface area contributed by atoms with Crippen molar-refractivity contribution in [3.05, 3.63) is 34.7 Å². The van der Waals surface area contributed by atoms with E-state index < -0.39 is 9.84 Å². The number of aryl methyl sites for hydroxylation is 1. The van der Waals surface area contributed by atoms with Crippen LogP contribution in [0.1, 0.15) is 6.92 Å². The Bertz CT molecular complexity index is 491. The lowest BCUT2D eigenvalue weighted by Gasteiger charge is -2.08. The van der Waals surface area contributed by atoms with Gasteiger partial charge in [0.2, 0.25) is 0 Å². The minimum atomic E-state index is -3.18. The van der Waals surface area contributed by atoms with Crippen LogP contribution in [0.2, 0.25) is 0 Å². The molecule has 0 aliphatic heterocycles. The van der Waals surface area contributed by atoms with Crippen LogP contribution in [-0.4, -0.2) is 30.5 Å². The summed E-state index contributed by atoms with van der Waals surface area (Å²) in [5.41, 5.74) is 5.23. The molecule has 1 rings (SSSR count). The molecule has 0 bridgehead atoms. The molecule has 0 amide bonds. The van der Waals surface area contributed by atoms with Crippen molar-refractivity contribution in [1.82, 2.24) is 4.57 Å². The highest BCUT2D eigenvalue weighted by molar-refractivity contribution is 7.91. The molecular formula is C10H16N2O3S. The summed E-state index contributed by atoms with van der Waals surface area (Å²) in [5, 5.41) is 0. The lowest BCUT2D eigenvalue weighted by molar-refractivity contribution is 0.581. The second kappa shape index (κ2) is 5.27. The van der Waals surface area contributed by atoms with Crippen molar-refractivity contribution >= 4 is 9.84 Å². The third kappa shape index (κ3) is 4.16. The highest BCUT2D eigenvalue weighted by Gasteiger charge is 2.13. The van der Waals surface area contributed by atoms with Crippen LogP contribution >= 0.6 is 0 Å². The number of sulfone groups is 1. The minimum Gasteiger partial charge on any atom is -0.327 e. The van der Waals surface area contributed by atoms with Gasteiger partial charge in [-0.25, -0.2) is 8.42 Å². The average Bonchev–Trinajstić information content (AvgIpc) is 2.14. The van der Waals surface area contributed by atoms with E-state index in [1.165, 1.54) is 10.6 Å². The second-order valence-corrected chi connectivity index (χ2v) is 6.05. The van der Waals surface area contributed by atoms with Gasteiger partial charge < -0.3 is 10.3 Å². The molecule has 0 fully saturated rings. The van der Waals surface area contributed by atoms with Crippen LogP contribution in [0.15, 0.2) is 29.2 Å². The monoisotopic (exact) mass is 244 g/mol. The van der Waals surface area contributed by atoms with E-state index >= 15 is 0 Å². The average molecular weight is 244 g/mol. The Labute approximate surface area is 94.8 Å². The van der Waals surface area contributed by atoms with Gasteiger partial charge in [0.1, 0.15) is 0 Å². The Morgan fingerprint density at radius 3 is 2.69 bits per heavy atom. The topological polar surface area (TPSA) is 82.2 Å². The van der Waals surface area contributed by atoms with Gasteiger partial charge in [0.15, 0.2) is 9.84 Å². The minimum absolute atomic E-state index is 0.0470. The van der Waals surface area contributed by atoms with E-state index in [-0.39, 0.29) is 29.7 Å². The molecule has 0 spiro atoms. The summed E-state index contributed by atoms with van der Waals surface area (Å²) >= 11 is 0. The fourth-order valence-corrected chi connectivity index (χ4v) is 2.81. The van der Waals surface area contributed by atoms with Gasteiger partial charge in [0.25, 0.3) is 5.56 Å². The third-order valence-electron chi connectivity index (χ3n) is 2.06. The third-order valence-corrected chi connectivity index (χ3v) is 3.90. The smallest absolute Gasteiger partial charge is 0.250 e. The van der Waals surface area contributed by atoms with Crippen molar-refractivity contribution in [1.29, 1.82) is 0 Å². The first kappa shape index (κ1) is 12.9. The van der Waals surface area contributed by atoms with Gasteiger partial charge in [-0.3, -0.25) is 4.79 Å². The Hall–Kier alpha value is -1.14. The summed E-state index contributed by atoms with van der Waals surface area (Å²) in [6.45, 7) is 1.82. The second-order valence-electron chi connectivity index (χ2n) is 3.82. The first-order valence-corrected chi connectivity index (χ1v) is 6.84. The molecule has 0 aliphatic carbocycles. The maximum atomic E-state index is 11.5. The van der Waals surface area contributed by atoms with Crippen molar-refractivity contribution < 1.29 is 8.42 Å². The Kier molecular flexibility index (Phi) is 4.26. The van der Waals surface area contributed by atoms with E-state index in [0.29, 0.717) is 0 Å². The summed E-state index contributed by atoms with van der Waals surface area (Å²) in [5.74, 6) is -0.104. The van der Waals surface area contributed by atoms with E-state index in [9.17, 15) is 13.2 Å². The van der Waals surface area contributed by atoms with Crippen LogP contribution in [0, 0.1) is 0 Å². The SMILES string of the molecule is CC(N)CS(=O)(=O)CCn1ccccc1=O. The van der Waals surface area contributed by atoms with Gasteiger partial charge in [-0.2, -0.15) is 0 Å². The molecule has 1 heterocycles. The predicted molar refractivity (Wildman–Crippen MR) is 63.0 cm³/mol. The standard InChI is InChI=1S/C10H16N2O3S/c1-9(11)8-16(14,15)7-6-12-5-3-2-4-10(12)13/h2-5,9H,6-8,11H2,1H3. The summed E-state index contributed by atoms with van der Waals surface area (Å²) < 4.78 is 24.4. The number of rotatable bonds is 5. The summed E-state index contributed by atoms with van der Waals surface area (Å²) in [7, 11) is -3.18. The van der Waals surface area contributed by atoms with Crippen LogP contribution in [0.3, 0.4) is 0 Å². The van der Waals surface area contributed by atoms with E-state index in [2.05, 4.69) is 0 Å². The molecular weight excluding hydrogens is 228 g/mol. The van der Waals surface area contributed by atoms with Crippen LogP contribution in [0.25, 0.3) is 0 Å². The molecule has 0 radical (unpaired) electrons. The van der Waals surface area contributed by atoms with Crippen molar-refractivity contribution in [3.63, 3.8) is 0 Å². The van der Waals surface area contributed by atoms with Gasteiger partial charge in [-0.15, -0.1) is 0 Å². The van der Waals surface area contributed by atoms with Crippen LogP contribution in [0.5, 0.6) is 0 Å². The van der Waals surface area contributed by atoms with Crippen LogP contribution in [-0.2, 0) is 16.4 Å². The maximum Gasteiger partial charge on any atom is 0.250 e. The Morgan fingerprint density at radius 1 is 1.44 bits per heavy atom. The van der Waals surface area contributed by atoms with Crippen molar-refractivity contribution in [2.75, 3.05) is 11.5 Å². The van der Waals surface area contributed by atoms with Crippen molar-refractivity contribution in [2.24, 2.45) is 5.73 Å². The number of nitrogens with two attached hydrogens (primary N) is 1. The normalized spacial score (nSPS) is 13.6. The number of nitrogens with zero attached hydrogens (tertiary/aromatic N) is 1. The largest absolute Gasteiger partial charge is 0.327 e. The lowest BCUT2D eigenvalue weighted by atomic mass is 10.4. The number of hydrogen-bond acceptors (Lipinski definition) is 4. The Morgan fingerprint density at radius 2 is 2.12 bits per heavy atom. The van der Waals surface area contributed by atoms with Gasteiger partial charge in [-0.1, -0.05) is 6.07 Å². The molecule has 2 N–H and O–H groups in total. The van der Waals surface area contributed by atoms with Gasteiger partial charge in [-0.05, 0) is 13.0 Å². The maximum absolute atomic E-state index is 11.5. The molecule has 1 atom stereocenters. The van der Waals surface area contributed by atoms with Crippen molar-refractivity contribution in [2.45, 2.75) is 19.5 Å². The molecule has 0 saturated heterocycles. The number of pyridine rings is 1. The van der Waals surface area contributed by atoms with Crippen molar-refractivity contribution in [3.8, 4) is 0 Å². The highest BCUT2D eigenvalue weighted by Crippen LogP contribution is 1.95. The summed E-state index contributed by atoms with van der Waals surface area (Å²) in [6, 6.07) is 4.34. The van der Waals surface area contributed by atoms with Gasteiger partial charge in [0.05, 0.1) is 11.5 Å². The van der Waals surface area contributed by atoms with E-state index in [1.807, 2.05) is 0 Å². The zero-order valence-corrected chi connectivity index (χ0v) is 9.98. The fourth-order valence-electron chi connectivity index (χ4n) is 1.37. The molecule has 5 nitrogen and oxygen atoms in total. The lowest BCUT2D eigenvalue weighted by Crippen LogP contribution is -2.30. The van der Waals surface area contributed by atoms with E-state index in [0.717, 1.165) is 0 Å². The Balaban J connectivity index is 2.65. The molecule has 0 aliphatic rings. The summed E-state index contributed by atoms with van der Waals surface area (Å²) in [6.07, 6.45) is 1.57. The number of aromatic nitrogens is 1. The zero-order valence-electron chi connectivity index (χ0n) is 9.17. The molecule has 1 aromatic heterocycles. The number of hydrogen-bond donors (Lipinski definition) is 1. The fraction of sp³-hybridized carbons (Fsp3) is 0.500. The van der Waals surface area contributed by atoms with E-state index in [1.54, 1.807) is 25.3 Å². The molecule has 6 heteroatoms. The molecule has 0 saturated carbocycles. The van der Waals surface area contributed by atoms with E-state index in [4.69, 9.17) is 5.73 Å². The zero-order chi connectivity index (χ0) is 12.2. The first-order chi connectivity index (χ1) is 7.41. The molecule has 90 valence electrons. The highest BCUT2D eigenvalue weighted by atomic mass is 32.2.